The Morgan fingerprint density at radius 2 is 1.64 bits per heavy atom. The molecule has 4 heteroatoms. The molecule has 1 rings (SSSR count). The Bertz CT molecular complexity index is 439. The van der Waals surface area contributed by atoms with E-state index in [-0.39, 0.29) is 12.1 Å². The Morgan fingerprint density at radius 3 is 2.28 bits per heavy atom. The first-order valence-electron chi connectivity index (χ1n) is 9.87. The van der Waals surface area contributed by atoms with Crippen molar-refractivity contribution in [2.75, 3.05) is 6.61 Å². The third-order valence-corrected chi connectivity index (χ3v) is 6.66. The summed E-state index contributed by atoms with van der Waals surface area (Å²) in [6, 6.07) is 10.8. The van der Waals surface area contributed by atoms with E-state index in [1.165, 1.54) is 55.8 Å². The summed E-state index contributed by atoms with van der Waals surface area (Å²) in [6.45, 7) is 4.54. The van der Waals surface area contributed by atoms with Crippen molar-refractivity contribution in [1.82, 2.24) is 5.32 Å². The van der Waals surface area contributed by atoms with Crippen LogP contribution in [0, 0.1) is 0 Å². The SMILES string of the molecule is CCCCCCCCCCC(C[Se]c1ccccc1)NC(=O)OCC. The number of carbonyl (C=O) groups is 1. The first-order valence-corrected chi connectivity index (χ1v) is 11.9. The molecule has 0 radical (unpaired) electrons. The topological polar surface area (TPSA) is 38.3 Å². The summed E-state index contributed by atoms with van der Waals surface area (Å²) in [5.41, 5.74) is 0. The van der Waals surface area contributed by atoms with Gasteiger partial charge in [0.15, 0.2) is 0 Å². The van der Waals surface area contributed by atoms with Crippen LogP contribution in [0.4, 0.5) is 4.79 Å². The van der Waals surface area contributed by atoms with Gasteiger partial charge in [0.05, 0.1) is 0 Å². The number of alkyl carbamates (subject to hydrolysis) is 1. The number of rotatable bonds is 14. The molecular weight excluding hydrogens is 377 g/mol. The van der Waals surface area contributed by atoms with Gasteiger partial charge in [-0.25, -0.2) is 0 Å². The molecule has 142 valence electrons. The maximum atomic E-state index is 11.8. The van der Waals surface area contributed by atoms with Crippen molar-refractivity contribution in [3.05, 3.63) is 30.3 Å². The van der Waals surface area contributed by atoms with Crippen molar-refractivity contribution >= 4 is 25.5 Å². The molecule has 3 nitrogen and oxygen atoms in total. The van der Waals surface area contributed by atoms with Gasteiger partial charge in [-0.05, 0) is 0 Å². The predicted octanol–water partition coefficient (Wildman–Crippen LogP) is 5.08. The number of nitrogens with one attached hydrogen (secondary N) is 1. The molecule has 1 N–H and O–H groups in total. The summed E-state index contributed by atoms with van der Waals surface area (Å²) < 4.78 is 6.45. The number of carbonyl (C=O) groups excluding carboxylic acids is 1. The van der Waals surface area contributed by atoms with Crippen LogP contribution in [0.3, 0.4) is 0 Å². The first-order chi connectivity index (χ1) is 12.3. The molecule has 0 spiro atoms. The fraction of sp³-hybridized carbons (Fsp3) is 0.667. The van der Waals surface area contributed by atoms with E-state index >= 15 is 0 Å². The standard InChI is InChI=1S/C21H35NO2Se/c1-3-5-6-7-8-9-10-12-15-19(22-21(23)24-4-2)18-25-20-16-13-11-14-17-20/h11,13-14,16-17,19H,3-10,12,15,18H2,1-2H3,(H,22,23). The Hall–Kier alpha value is -0.991. The summed E-state index contributed by atoms with van der Waals surface area (Å²) in [7, 11) is 0. The average molecular weight is 412 g/mol. The van der Waals surface area contributed by atoms with Gasteiger partial charge in [-0.3, -0.25) is 0 Å². The van der Waals surface area contributed by atoms with E-state index in [4.69, 9.17) is 4.74 Å². The number of ether oxygens (including phenoxy) is 1. The van der Waals surface area contributed by atoms with Gasteiger partial charge in [0.25, 0.3) is 0 Å². The molecule has 0 aromatic heterocycles. The Morgan fingerprint density at radius 1 is 1.00 bits per heavy atom. The van der Waals surface area contributed by atoms with Crippen LogP contribution in [0.1, 0.15) is 71.6 Å². The molecule has 1 aromatic rings. The zero-order chi connectivity index (χ0) is 18.2. The van der Waals surface area contributed by atoms with Crippen LogP contribution in [0.2, 0.25) is 5.32 Å². The molecule has 0 saturated carbocycles. The van der Waals surface area contributed by atoms with Gasteiger partial charge >= 0.3 is 160 Å². The molecule has 1 unspecified atom stereocenters. The van der Waals surface area contributed by atoms with Crippen LogP contribution in [0.5, 0.6) is 0 Å². The van der Waals surface area contributed by atoms with Crippen molar-refractivity contribution in [3.8, 4) is 0 Å². The number of hydrogen-bond acceptors (Lipinski definition) is 2. The van der Waals surface area contributed by atoms with Crippen molar-refractivity contribution in [2.45, 2.75) is 83.0 Å². The maximum absolute atomic E-state index is 11.8. The summed E-state index contributed by atoms with van der Waals surface area (Å²) in [4.78, 5) is 11.8. The molecule has 0 aliphatic heterocycles. The van der Waals surface area contributed by atoms with E-state index in [0.717, 1.165) is 11.7 Å². The summed E-state index contributed by atoms with van der Waals surface area (Å²) in [5, 5.41) is 4.10. The van der Waals surface area contributed by atoms with Gasteiger partial charge < -0.3 is 0 Å². The van der Waals surface area contributed by atoms with Crippen molar-refractivity contribution in [3.63, 3.8) is 0 Å². The van der Waals surface area contributed by atoms with Crippen LogP contribution in [-0.4, -0.2) is 33.7 Å². The molecule has 1 amide bonds. The quantitative estimate of drug-likeness (QED) is 0.342. The fourth-order valence-corrected chi connectivity index (χ4v) is 4.86. The predicted molar refractivity (Wildman–Crippen MR) is 108 cm³/mol. The zero-order valence-electron chi connectivity index (χ0n) is 16.0. The van der Waals surface area contributed by atoms with E-state index in [1.807, 2.05) is 6.92 Å². The van der Waals surface area contributed by atoms with Crippen molar-refractivity contribution in [2.24, 2.45) is 0 Å². The van der Waals surface area contributed by atoms with Gasteiger partial charge in [-0.15, -0.1) is 0 Å². The van der Waals surface area contributed by atoms with Crippen LogP contribution < -0.4 is 9.78 Å². The molecule has 0 bridgehead atoms. The zero-order valence-corrected chi connectivity index (χ0v) is 17.7. The van der Waals surface area contributed by atoms with Gasteiger partial charge in [0.1, 0.15) is 0 Å². The molecule has 0 saturated heterocycles. The number of unbranched alkanes of at least 4 members (excludes halogenated alkanes) is 7. The second-order valence-electron chi connectivity index (χ2n) is 6.45. The Labute approximate surface area is 160 Å². The third kappa shape index (κ3) is 12.1. The molecule has 0 aliphatic rings. The van der Waals surface area contributed by atoms with Gasteiger partial charge in [-0.2, -0.15) is 0 Å². The summed E-state index contributed by atoms with van der Waals surface area (Å²) in [5.74, 6) is 0. The third-order valence-electron chi connectivity index (χ3n) is 4.20. The minimum absolute atomic E-state index is 0.236. The van der Waals surface area contributed by atoms with Crippen LogP contribution in [0.15, 0.2) is 30.3 Å². The van der Waals surface area contributed by atoms with Crippen LogP contribution in [-0.2, 0) is 4.74 Å². The Kier molecular flexibility index (Phi) is 13.5. The molecule has 25 heavy (non-hydrogen) atoms. The number of amides is 1. The van der Waals surface area contributed by atoms with E-state index in [9.17, 15) is 4.79 Å². The average Bonchev–Trinajstić information content (AvgIpc) is 2.62. The minimum atomic E-state index is -0.268. The number of benzene rings is 1. The fourth-order valence-electron chi connectivity index (χ4n) is 2.77. The van der Waals surface area contributed by atoms with Crippen LogP contribution in [0.25, 0.3) is 0 Å². The molecule has 0 aliphatic carbocycles. The number of hydrogen-bond donors (Lipinski definition) is 1. The molecule has 0 heterocycles. The Balaban J connectivity index is 2.26. The molecule has 1 aromatic carbocycles. The van der Waals surface area contributed by atoms with Crippen molar-refractivity contribution in [1.29, 1.82) is 0 Å². The molecule has 0 fully saturated rings. The van der Waals surface area contributed by atoms with E-state index in [0.29, 0.717) is 21.6 Å². The van der Waals surface area contributed by atoms with E-state index in [1.54, 1.807) is 0 Å². The van der Waals surface area contributed by atoms with Gasteiger partial charge in [0.2, 0.25) is 0 Å². The molecular formula is C21H35NO2Se. The second-order valence-corrected chi connectivity index (χ2v) is 8.74. The van der Waals surface area contributed by atoms with E-state index < -0.39 is 0 Å². The summed E-state index contributed by atoms with van der Waals surface area (Å²) >= 11 is 0.394. The summed E-state index contributed by atoms with van der Waals surface area (Å²) in [6.07, 6.45) is 11.3. The van der Waals surface area contributed by atoms with Crippen molar-refractivity contribution < 1.29 is 9.53 Å². The normalized spacial score (nSPS) is 11.9. The van der Waals surface area contributed by atoms with Gasteiger partial charge in [0, 0.05) is 0 Å². The van der Waals surface area contributed by atoms with E-state index in [2.05, 4.69) is 42.6 Å². The molecule has 1 atom stereocenters. The van der Waals surface area contributed by atoms with Gasteiger partial charge in [-0.1, -0.05) is 0 Å². The second kappa shape index (κ2) is 15.3. The first kappa shape index (κ1) is 22.1. The monoisotopic (exact) mass is 413 g/mol. The van der Waals surface area contributed by atoms with Crippen LogP contribution >= 0.6 is 0 Å².